The highest BCUT2D eigenvalue weighted by Gasteiger charge is 2.11. The van der Waals surface area contributed by atoms with Crippen molar-refractivity contribution < 1.29 is 14.3 Å². The van der Waals surface area contributed by atoms with Gasteiger partial charge in [-0.05, 0) is 42.3 Å². The van der Waals surface area contributed by atoms with Gasteiger partial charge in [-0.25, -0.2) is 0 Å². The number of aryl methyl sites for hydroxylation is 1. The van der Waals surface area contributed by atoms with Crippen molar-refractivity contribution in [2.24, 2.45) is 0 Å². The first kappa shape index (κ1) is 15.9. The summed E-state index contributed by atoms with van der Waals surface area (Å²) in [7, 11) is 3.21. The molecule has 0 unspecified atom stereocenters. The summed E-state index contributed by atoms with van der Waals surface area (Å²) in [5, 5.41) is 4.01. The average Bonchev–Trinajstić information content (AvgIpc) is 3.07. The number of benzene rings is 2. The van der Waals surface area contributed by atoms with E-state index in [9.17, 15) is 4.79 Å². The number of methoxy groups -OCH3 is 2. The van der Waals surface area contributed by atoms with Crippen molar-refractivity contribution in [3.63, 3.8) is 0 Å². The van der Waals surface area contributed by atoms with Crippen LogP contribution >= 0.6 is 0 Å². The van der Waals surface area contributed by atoms with E-state index in [2.05, 4.69) is 10.3 Å². The van der Waals surface area contributed by atoms with Gasteiger partial charge in [-0.2, -0.15) is 0 Å². The van der Waals surface area contributed by atoms with Crippen LogP contribution in [0, 0.1) is 0 Å². The van der Waals surface area contributed by atoms with E-state index in [1.807, 2.05) is 48.7 Å². The summed E-state index contributed by atoms with van der Waals surface area (Å²) in [6.45, 7) is 0. The Morgan fingerprint density at radius 2 is 2.00 bits per heavy atom. The topological polar surface area (TPSA) is 63.3 Å². The molecular formula is C19H20N2O3. The van der Waals surface area contributed by atoms with E-state index in [0.29, 0.717) is 24.3 Å². The largest absolute Gasteiger partial charge is 0.493 e. The second-order valence-corrected chi connectivity index (χ2v) is 5.48. The zero-order valence-corrected chi connectivity index (χ0v) is 13.8. The monoisotopic (exact) mass is 324 g/mol. The Morgan fingerprint density at radius 1 is 1.12 bits per heavy atom. The van der Waals surface area contributed by atoms with Crippen molar-refractivity contribution in [1.82, 2.24) is 4.98 Å². The maximum Gasteiger partial charge on any atom is 0.224 e. The van der Waals surface area contributed by atoms with Gasteiger partial charge in [-0.3, -0.25) is 4.79 Å². The molecule has 0 atom stereocenters. The molecule has 0 aliphatic heterocycles. The minimum absolute atomic E-state index is 0.0326. The number of fused-ring (bicyclic) bond motifs is 1. The molecule has 24 heavy (non-hydrogen) atoms. The second-order valence-electron chi connectivity index (χ2n) is 5.48. The van der Waals surface area contributed by atoms with Gasteiger partial charge in [0, 0.05) is 29.2 Å². The number of rotatable bonds is 6. The molecule has 0 aliphatic carbocycles. The summed E-state index contributed by atoms with van der Waals surface area (Å²) < 4.78 is 10.7. The number of aromatic nitrogens is 1. The Morgan fingerprint density at radius 3 is 2.79 bits per heavy atom. The molecule has 1 aromatic heterocycles. The van der Waals surface area contributed by atoms with E-state index in [1.165, 1.54) is 0 Å². The average molecular weight is 324 g/mol. The molecule has 3 aromatic rings. The Labute approximate surface area is 140 Å². The highest BCUT2D eigenvalue weighted by molar-refractivity contribution is 5.93. The first-order chi connectivity index (χ1) is 11.7. The highest BCUT2D eigenvalue weighted by Crippen LogP contribution is 2.31. The van der Waals surface area contributed by atoms with E-state index in [1.54, 1.807) is 14.2 Å². The molecule has 2 aromatic carbocycles. The molecule has 0 bridgehead atoms. The summed E-state index contributed by atoms with van der Waals surface area (Å²) in [6, 6.07) is 13.5. The molecule has 124 valence electrons. The minimum Gasteiger partial charge on any atom is -0.493 e. The van der Waals surface area contributed by atoms with Gasteiger partial charge in [0.1, 0.15) is 0 Å². The summed E-state index contributed by atoms with van der Waals surface area (Å²) in [4.78, 5) is 15.4. The molecule has 1 amide bonds. The van der Waals surface area contributed by atoms with Gasteiger partial charge in [0.15, 0.2) is 11.5 Å². The number of anilines is 1. The number of ether oxygens (including phenoxy) is 2. The van der Waals surface area contributed by atoms with E-state index < -0.39 is 0 Å². The molecule has 1 heterocycles. The molecule has 5 heteroatoms. The van der Waals surface area contributed by atoms with Crippen molar-refractivity contribution in [2.45, 2.75) is 12.8 Å². The third-order valence-corrected chi connectivity index (χ3v) is 3.94. The van der Waals surface area contributed by atoms with Crippen LogP contribution in [-0.2, 0) is 11.2 Å². The van der Waals surface area contributed by atoms with Crippen LogP contribution < -0.4 is 14.8 Å². The van der Waals surface area contributed by atoms with Crippen molar-refractivity contribution in [3.05, 3.63) is 54.2 Å². The quantitative estimate of drug-likeness (QED) is 0.726. The molecular weight excluding hydrogens is 304 g/mol. The lowest BCUT2D eigenvalue weighted by molar-refractivity contribution is -0.116. The third-order valence-electron chi connectivity index (χ3n) is 3.94. The van der Waals surface area contributed by atoms with Gasteiger partial charge in [0.05, 0.1) is 14.2 Å². The van der Waals surface area contributed by atoms with Crippen LogP contribution in [0.25, 0.3) is 10.9 Å². The normalized spacial score (nSPS) is 10.6. The van der Waals surface area contributed by atoms with E-state index >= 15 is 0 Å². The van der Waals surface area contributed by atoms with Crippen LogP contribution in [0.4, 0.5) is 5.69 Å². The lowest BCUT2D eigenvalue weighted by Gasteiger charge is -2.12. The number of hydrogen-bond acceptors (Lipinski definition) is 3. The zero-order valence-electron chi connectivity index (χ0n) is 13.8. The Hall–Kier alpha value is -2.95. The molecule has 5 nitrogen and oxygen atoms in total. The fourth-order valence-corrected chi connectivity index (χ4v) is 2.75. The Bertz CT molecular complexity index is 855. The van der Waals surface area contributed by atoms with E-state index in [-0.39, 0.29) is 5.91 Å². The number of aromatic amines is 1. The Balaban J connectivity index is 1.65. The van der Waals surface area contributed by atoms with E-state index in [0.717, 1.165) is 22.2 Å². The van der Waals surface area contributed by atoms with Crippen molar-refractivity contribution in [2.75, 3.05) is 19.5 Å². The summed E-state index contributed by atoms with van der Waals surface area (Å²) in [5.74, 6) is 1.32. The molecule has 0 saturated heterocycles. The summed E-state index contributed by atoms with van der Waals surface area (Å²) >= 11 is 0. The molecule has 0 radical (unpaired) electrons. The molecule has 3 rings (SSSR count). The van der Waals surface area contributed by atoms with Crippen LogP contribution in [0.2, 0.25) is 0 Å². The summed E-state index contributed by atoms with van der Waals surface area (Å²) in [5.41, 5.74) is 2.80. The first-order valence-corrected chi connectivity index (χ1v) is 7.78. The van der Waals surface area contributed by atoms with Gasteiger partial charge in [0.2, 0.25) is 5.91 Å². The number of carbonyl (C=O) groups is 1. The van der Waals surface area contributed by atoms with Gasteiger partial charge >= 0.3 is 0 Å². The molecule has 0 spiro atoms. The minimum atomic E-state index is -0.0326. The smallest absolute Gasteiger partial charge is 0.224 e. The maximum atomic E-state index is 12.2. The van der Waals surface area contributed by atoms with Gasteiger partial charge in [-0.1, -0.05) is 12.1 Å². The fourth-order valence-electron chi connectivity index (χ4n) is 2.75. The number of nitrogens with one attached hydrogen (secondary N) is 2. The summed E-state index contributed by atoms with van der Waals surface area (Å²) in [6.07, 6.45) is 2.83. The molecule has 0 saturated carbocycles. The van der Waals surface area contributed by atoms with Gasteiger partial charge < -0.3 is 19.8 Å². The van der Waals surface area contributed by atoms with Crippen molar-refractivity contribution in [3.8, 4) is 11.5 Å². The number of hydrogen-bond donors (Lipinski definition) is 2. The zero-order chi connectivity index (χ0) is 16.9. The standard InChI is InChI=1S/C19H20N2O3/c1-23-17-5-3-4-13(19(17)24-2)6-9-18(22)21-15-7-8-16-14(12-15)10-11-20-16/h3-5,7-8,10-12,20H,6,9H2,1-2H3,(H,21,22). The number of amides is 1. The van der Waals surface area contributed by atoms with Crippen LogP contribution in [0.5, 0.6) is 11.5 Å². The first-order valence-electron chi connectivity index (χ1n) is 7.78. The lowest BCUT2D eigenvalue weighted by Crippen LogP contribution is -2.12. The predicted octanol–water partition coefficient (Wildman–Crippen LogP) is 3.76. The fraction of sp³-hybridized carbons (Fsp3) is 0.211. The van der Waals surface area contributed by atoms with Crippen LogP contribution in [0.1, 0.15) is 12.0 Å². The van der Waals surface area contributed by atoms with E-state index in [4.69, 9.17) is 9.47 Å². The highest BCUT2D eigenvalue weighted by atomic mass is 16.5. The van der Waals surface area contributed by atoms with Crippen LogP contribution in [-0.4, -0.2) is 25.1 Å². The molecule has 0 fully saturated rings. The lowest BCUT2D eigenvalue weighted by atomic mass is 10.1. The van der Waals surface area contributed by atoms with Crippen LogP contribution in [0.15, 0.2) is 48.7 Å². The van der Waals surface area contributed by atoms with Crippen molar-refractivity contribution >= 4 is 22.5 Å². The maximum absolute atomic E-state index is 12.2. The van der Waals surface area contributed by atoms with Gasteiger partial charge in [-0.15, -0.1) is 0 Å². The number of H-pyrrole nitrogens is 1. The molecule has 0 aliphatic rings. The van der Waals surface area contributed by atoms with Crippen molar-refractivity contribution in [1.29, 1.82) is 0 Å². The van der Waals surface area contributed by atoms with Gasteiger partial charge in [0.25, 0.3) is 0 Å². The number of carbonyl (C=O) groups excluding carboxylic acids is 1. The van der Waals surface area contributed by atoms with Crippen LogP contribution in [0.3, 0.4) is 0 Å². The molecule has 2 N–H and O–H groups in total. The third kappa shape index (κ3) is 3.35. The second kappa shape index (κ2) is 7.08. The Kier molecular flexibility index (Phi) is 4.70. The SMILES string of the molecule is COc1cccc(CCC(=O)Nc2ccc3[nH]ccc3c2)c1OC. The number of para-hydroxylation sites is 1. The predicted molar refractivity (Wildman–Crippen MR) is 94.8 cm³/mol.